The summed E-state index contributed by atoms with van der Waals surface area (Å²) in [5, 5.41) is 13.7. The standard InChI is InChI=1S/C19H23N3O3/c1-3-7-17-15(10-20-22(17)14-8-5-4-6-9-14)18(23)21-11-13(2)16(12-21)19(24)25/h4-6,8-10,13,16H,3,7,11-12H2,1-2H3,(H,24,25)/t13-,16-/m1/s1. The van der Waals surface area contributed by atoms with Crippen molar-refractivity contribution in [2.75, 3.05) is 13.1 Å². The third-order valence-electron chi connectivity index (χ3n) is 4.80. The highest BCUT2D eigenvalue weighted by atomic mass is 16.4. The Morgan fingerprint density at radius 3 is 2.56 bits per heavy atom. The smallest absolute Gasteiger partial charge is 0.308 e. The number of nitrogens with zero attached hydrogens (tertiary/aromatic N) is 3. The van der Waals surface area contributed by atoms with Crippen molar-refractivity contribution in [2.24, 2.45) is 11.8 Å². The highest BCUT2D eigenvalue weighted by Crippen LogP contribution is 2.26. The molecule has 0 unspecified atom stereocenters. The summed E-state index contributed by atoms with van der Waals surface area (Å²) in [6.45, 7) is 4.68. The van der Waals surface area contributed by atoms with Gasteiger partial charge in [-0.3, -0.25) is 9.59 Å². The number of hydrogen-bond donors (Lipinski definition) is 1. The van der Waals surface area contributed by atoms with E-state index in [2.05, 4.69) is 12.0 Å². The summed E-state index contributed by atoms with van der Waals surface area (Å²) in [5.74, 6) is -1.50. The fourth-order valence-corrected chi connectivity index (χ4v) is 3.45. The molecule has 1 fully saturated rings. The number of benzene rings is 1. The molecule has 0 bridgehead atoms. The molecule has 2 heterocycles. The van der Waals surface area contributed by atoms with Crippen LogP contribution < -0.4 is 0 Å². The fourth-order valence-electron chi connectivity index (χ4n) is 3.45. The molecule has 2 aromatic rings. The predicted molar refractivity (Wildman–Crippen MR) is 93.8 cm³/mol. The lowest BCUT2D eigenvalue weighted by Crippen LogP contribution is -2.30. The van der Waals surface area contributed by atoms with Gasteiger partial charge in [0.25, 0.3) is 5.91 Å². The van der Waals surface area contributed by atoms with Gasteiger partial charge in [0.1, 0.15) is 0 Å². The van der Waals surface area contributed by atoms with Crippen LogP contribution >= 0.6 is 0 Å². The van der Waals surface area contributed by atoms with Crippen LogP contribution in [0.2, 0.25) is 0 Å². The maximum absolute atomic E-state index is 13.0. The zero-order valence-electron chi connectivity index (χ0n) is 14.6. The van der Waals surface area contributed by atoms with E-state index >= 15 is 0 Å². The number of aromatic nitrogens is 2. The van der Waals surface area contributed by atoms with Crippen LogP contribution in [0.1, 0.15) is 36.3 Å². The van der Waals surface area contributed by atoms with Crippen molar-refractivity contribution in [1.82, 2.24) is 14.7 Å². The van der Waals surface area contributed by atoms with Crippen molar-refractivity contribution in [3.8, 4) is 5.69 Å². The van der Waals surface area contributed by atoms with E-state index in [-0.39, 0.29) is 18.4 Å². The van der Waals surface area contributed by atoms with Crippen LogP contribution in [0.5, 0.6) is 0 Å². The zero-order chi connectivity index (χ0) is 18.0. The molecule has 1 aromatic carbocycles. The SMILES string of the molecule is CCCc1c(C(=O)N2C[C@@H](C)[C@H](C(=O)O)C2)cnn1-c1ccccc1. The van der Waals surface area contributed by atoms with E-state index in [1.807, 2.05) is 41.9 Å². The number of carboxylic acid groups (broad SMARTS) is 1. The molecule has 0 aliphatic carbocycles. The molecule has 25 heavy (non-hydrogen) atoms. The fraction of sp³-hybridized carbons (Fsp3) is 0.421. The average Bonchev–Trinajstić information content (AvgIpc) is 3.19. The molecule has 1 aromatic heterocycles. The molecule has 1 aliphatic rings. The van der Waals surface area contributed by atoms with Gasteiger partial charge in [-0.25, -0.2) is 4.68 Å². The van der Waals surface area contributed by atoms with E-state index in [0.717, 1.165) is 24.2 Å². The maximum Gasteiger partial charge on any atom is 0.308 e. The molecule has 1 amide bonds. The minimum absolute atomic E-state index is 0.0414. The summed E-state index contributed by atoms with van der Waals surface area (Å²) >= 11 is 0. The monoisotopic (exact) mass is 341 g/mol. The first kappa shape index (κ1) is 17.2. The van der Waals surface area contributed by atoms with Gasteiger partial charge in [0.05, 0.1) is 29.1 Å². The van der Waals surface area contributed by atoms with Crippen molar-refractivity contribution in [3.63, 3.8) is 0 Å². The van der Waals surface area contributed by atoms with E-state index in [1.165, 1.54) is 0 Å². The van der Waals surface area contributed by atoms with Crippen LogP contribution in [0.4, 0.5) is 0 Å². The number of hydrogen-bond acceptors (Lipinski definition) is 3. The largest absolute Gasteiger partial charge is 0.481 e. The van der Waals surface area contributed by atoms with E-state index in [1.54, 1.807) is 11.1 Å². The first-order chi connectivity index (χ1) is 12.0. The maximum atomic E-state index is 13.0. The average molecular weight is 341 g/mol. The van der Waals surface area contributed by atoms with Crippen LogP contribution in [0.3, 0.4) is 0 Å². The van der Waals surface area contributed by atoms with Crippen molar-refractivity contribution >= 4 is 11.9 Å². The highest BCUT2D eigenvalue weighted by Gasteiger charge is 2.38. The van der Waals surface area contributed by atoms with Crippen LogP contribution in [0.15, 0.2) is 36.5 Å². The molecule has 132 valence electrons. The van der Waals surface area contributed by atoms with Gasteiger partial charge in [-0.1, -0.05) is 38.5 Å². The first-order valence-electron chi connectivity index (χ1n) is 8.67. The minimum atomic E-state index is -0.837. The molecule has 1 saturated heterocycles. The van der Waals surface area contributed by atoms with Crippen LogP contribution in [0.25, 0.3) is 5.69 Å². The lowest BCUT2D eigenvalue weighted by molar-refractivity contribution is -0.142. The molecule has 6 nitrogen and oxygen atoms in total. The van der Waals surface area contributed by atoms with Gasteiger partial charge in [-0.15, -0.1) is 0 Å². The Hall–Kier alpha value is -2.63. The Balaban J connectivity index is 1.91. The number of carbonyl (C=O) groups is 2. The molecule has 0 spiro atoms. The highest BCUT2D eigenvalue weighted by molar-refractivity contribution is 5.96. The Bertz CT molecular complexity index is 769. The summed E-state index contributed by atoms with van der Waals surface area (Å²) in [6.07, 6.45) is 3.24. The van der Waals surface area contributed by atoms with Gasteiger partial charge in [0.2, 0.25) is 0 Å². The second-order valence-electron chi connectivity index (χ2n) is 6.63. The van der Waals surface area contributed by atoms with E-state index in [0.29, 0.717) is 12.1 Å². The Morgan fingerprint density at radius 2 is 1.96 bits per heavy atom. The lowest BCUT2D eigenvalue weighted by Gasteiger charge is -2.16. The van der Waals surface area contributed by atoms with Gasteiger partial charge in [-0.05, 0) is 24.5 Å². The second-order valence-corrected chi connectivity index (χ2v) is 6.63. The van der Waals surface area contributed by atoms with E-state index in [9.17, 15) is 14.7 Å². The normalized spacial score (nSPS) is 20.0. The van der Waals surface area contributed by atoms with E-state index < -0.39 is 11.9 Å². The van der Waals surface area contributed by atoms with Gasteiger partial charge < -0.3 is 10.0 Å². The number of para-hydroxylation sites is 1. The number of carbonyl (C=O) groups excluding carboxylic acids is 1. The van der Waals surface area contributed by atoms with Crippen molar-refractivity contribution < 1.29 is 14.7 Å². The molecule has 3 rings (SSSR count). The number of likely N-dealkylation sites (tertiary alicyclic amines) is 1. The Kier molecular flexibility index (Phi) is 4.88. The summed E-state index contributed by atoms with van der Waals surface area (Å²) in [7, 11) is 0. The molecular weight excluding hydrogens is 318 g/mol. The summed E-state index contributed by atoms with van der Waals surface area (Å²) in [5.41, 5.74) is 2.37. The lowest BCUT2D eigenvalue weighted by atomic mass is 9.99. The van der Waals surface area contributed by atoms with Crippen molar-refractivity contribution in [3.05, 3.63) is 47.8 Å². The van der Waals surface area contributed by atoms with Crippen LogP contribution in [-0.2, 0) is 11.2 Å². The van der Waals surface area contributed by atoms with Gasteiger partial charge in [-0.2, -0.15) is 5.10 Å². The van der Waals surface area contributed by atoms with Crippen molar-refractivity contribution in [2.45, 2.75) is 26.7 Å². The third kappa shape index (κ3) is 3.29. The quantitative estimate of drug-likeness (QED) is 0.907. The number of rotatable bonds is 5. The van der Waals surface area contributed by atoms with Gasteiger partial charge >= 0.3 is 5.97 Å². The topological polar surface area (TPSA) is 75.4 Å². The number of carboxylic acids is 1. The molecule has 0 radical (unpaired) electrons. The molecule has 2 atom stereocenters. The molecule has 1 aliphatic heterocycles. The van der Waals surface area contributed by atoms with Gasteiger partial charge in [0, 0.05) is 13.1 Å². The molecule has 6 heteroatoms. The van der Waals surface area contributed by atoms with E-state index in [4.69, 9.17) is 0 Å². The van der Waals surface area contributed by atoms with Crippen LogP contribution in [0, 0.1) is 11.8 Å². The molecule has 1 N–H and O–H groups in total. The number of aliphatic carboxylic acids is 1. The minimum Gasteiger partial charge on any atom is -0.481 e. The Labute approximate surface area is 147 Å². The third-order valence-corrected chi connectivity index (χ3v) is 4.80. The summed E-state index contributed by atoms with van der Waals surface area (Å²) in [4.78, 5) is 25.9. The molecular formula is C19H23N3O3. The van der Waals surface area contributed by atoms with Gasteiger partial charge in [0.15, 0.2) is 0 Å². The molecule has 0 saturated carbocycles. The number of amides is 1. The second kappa shape index (κ2) is 7.09. The van der Waals surface area contributed by atoms with Crippen molar-refractivity contribution in [1.29, 1.82) is 0 Å². The Morgan fingerprint density at radius 1 is 1.24 bits per heavy atom. The van der Waals surface area contributed by atoms with Crippen LogP contribution in [-0.4, -0.2) is 44.8 Å². The predicted octanol–water partition coefficient (Wildman–Crippen LogP) is 2.62. The first-order valence-corrected chi connectivity index (χ1v) is 8.67. The zero-order valence-corrected chi connectivity index (χ0v) is 14.6. The summed E-state index contributed by atoms with van der Waals surface area (Å²) < 4.78 is 1.81. The summed E-state index contributed by atoms with van der Waals surface area (Å²) in [6, 6.07) is 9.73.